The Hall–Kier alpha value is -1.26. The van der Waals surface area contributed by atoms with Gasteiger partial charge >= 0.3 is 17.6 Å². The van der Waals surface area contributed by atoms with E-state index >= 15 is 0 Å². The van der Waals surface area contributed by atoms with Crippen molar-refractivity contribution in [3.63, 3.8) is 0 Å². The van der Waals surface area contributed by atoms with Gasteiger partial charge in [-0.05, 0) is 57.5 Å². The van der Waals surface area contributed by atoms with E-state index in [1.807, 2.05) is 13.8 Å². The number of hydrogen-bond acceptors (Lipinski definition) is 11. The van der Waals surface area contributed by atoms with Gasteiger partial charge in [0.05, 0.1) is 9.79 Å². The molecule has 2 aromatic carbocycles. The average Bonchev–Trinajstić information content (AvgIpc) is 2.99. The van der Waals surface area contributed by atoms with Gasteiger partial charge < -0.3 is 32.3 Å². The Morgan fingerprint density at radius 1 is 0.651 bits per heavy atom. The number of halogens is 1. The van der Waals surface area contributed by atoms with Crippen LogP contribution >= 0.6 is 10.7 Å². The summed E-state index contributed by atoms with van der Waals surface area (Å²) in [6, 6.07) is 14.4. The highest BCUT2D eigenvalue weighted by atomic mass is 35.7. The first-order chi connectivity index (χ1) is 20.1. The van der Waals surface area contributed by atoms with Crippen molar-refractivity contribution in [1.29, 1.82) is 0 Å². The third kappa shape index (κ3) is 15.5. The highest BCUT2D eigenvalue weighted by molar-refractivity contribution is 8.13. The monoisotopic (exact) mass is 702 g/mol. The summed E-state index contributed by atoms with van der Waals surface area (Å²) in [6.07, 6.45) is 1.45. The van der Waals surface area contributed by atoms with Crippen molar-refractivity contribution < 1.29 is 43.4 Å². The largest absolute Gasteiger partial charge is 0.500 e. The van der Waals surface area contributed by atoms with E-state index in [2.05, 4.69) is 4.72 Å². The van der Waals surface area contributed by atoms with E-state index in [1.54, 1.807) is 57.7 Å². The molecule has 17 heteroatoms. The van der Waals surface area contributed by atoms with Crippen molar-refractivity contribution in [3.05, 3.63) is 59.7 Å². The fourth-order valence-corrected chi connectivity index (χ4v) is 8.76. The van der Waals surface area contributed by atoms with Gasteiger partial charge in [-0.25, -0.2) is 21.6 Å². The predicted molar refractivity (Wildman–Crippen MR) is 172 cm³/mol. The second kappa shape index (κ2) is 20.7. The molecule has 0 aliphatic heterocycles. The third-order valence-electron chi connectivity index (χ3n) is 6.14. The van der Waals surface area contributed by atoms with Gasteiger partial charge in [0.15, 0.2) is 0 Å². The Bertz CT molecular complexity index is 1230. The summed E-state index contributed by atoms with van der Waals surface area (Å²) in [5.74, 6) is 0. The summed E-state index contributed by atoms with van der Waals surface area (Å²) in [5, 5.41) is 0. The first kappa shape index (κ1) is 41.7. The van der Waals surface area contributed by atoms with Crippen molar-refractivity contribution in [3.8, 4) is 0 Å². The van der Waals surface area contributed by atoms with Gasteiger partial charge in [0, 0.05) is 72.0 Å². The molecule has 2 rings (SSSR count). The molecule has 0 spiro atoms. The molecule has 0 amide bonds. The summed E-state index contributed by atoms with van der Waals surface area (Å²) in [7, 11) is 2.54. The van der Waals surface area contributed by atoms with Crippen LogP contribution in [-0.2, 0) is 45.6 Å². The Morgan fingerprint density at radius 3 is 1.33 bits per heavy atom. The molecule has 0 fully saturated rings. The minimum absolute atomic E-state index is 0.143. The number of sulfonamides is 1. The Kier molecular flexibility index (Phi) is 20.1. The minimum atomic E-state index is -3.55. The van der Waals surface area contributed by atoms with Crippen LogP contribution in [-0.4, -0.2) is 90.2 Å². The van der Waals surface area contributed by atoms with Gasteiger partial charge in [0.1, 0.15) is 0 Å². The number of benzene rings is 2. The fraction of sp³-hybridized carbons (Fsp3) is 0.538. The second-order valence-electron chi connectivity index (χ2n) is 9.05. The molecule has 0 bridgehead atoms. The van der Waals surface area contributed by atoms with E-state index in [4.69, 9.17) is 43.0 Å². The molecule has 0 aliphatic carbocycles. The highest BCUT2D eigenvalue weighted by Crippen LogP contribution is 2.16. The van der Waals surface area contributed by atoms with Crippen LogP contribution in [0.25, 0.3) is 0 Å². The smallest absolute Gasteiger partial charge is 0.377 e. The van der Waals surface area contributed by atoms with Crippen LogP contribution in [0.4, 0.5) is 0 Å². The van der Waals surface area contributed by atoms with E-state index in [1.165, 1.54) is 33.5 Å². The molecule has 2 aromatic rings. The van der Waals surface area contributed by atoms with Crippen LogP contribution in [0.5, 0.6) is 0 Å². The van der Waals surface area contributed by atoms with Crippen LogP contribution in [0.3, 0.4) is 0 Å². The first-order valence-electron chi connectivity index (χ1n) is 13.2. The third-order valence-corrected chi connectivity index (χ3v) is 14.6. The van der Waals surface area contributed by atoms with Gasteiger partial charge in [0.25, 0.3) is 9.05 Å². The van der Waals surface area contributed by atoms with Crippen LogP contribution in [0, 0.1) is 13.8 Å². The van der Waals surface area contributed by atoms with Crippen LogP contribution in [0.15, 0.2) is 58.3 Å². The lowest BCUT2D eigenvalue weighted by atomic mass is 10.2. The van der Waals surface area contributed by atoms with Crippen LogP contribution < -0.4 is 10.5 Å². The molecule has 0 saturated carbocycles. The molecule has 0 atom stereocenters. The molecule has 0 aromatic heterocycles. The number of aryl methyl sites for hydroxylation is 2. The lowest BCUT2D eigenvalue weighted by Crippen LogP contribution is -2.43. The van der Waals surface area contributed by atoms with Gasteiger partial charge in [-0.15, -0.1) is 0 Å². The van der Waals surface area contributed by atoms with Crippen molar-refractivity contribution in [1.82, 2.24) is 4.72 Å². The van der Waals surface area contributed by atoms with Crippen molar-refractivity contribution in [2.24, 2.45) is 5.73 Å². The quantitative estimate of drug-likeness (QED) is 0.149. The summed E-state index contributed by atoms with van der Waals surface area (Å²) in [5.41, 5.74) is 7.38. The topological polar surface area (TPSA) is 162 Å². The van der Waals surface area contributed by atoms with E-state index < -0.39 is 36.7 Å². The number of hydrogen-bond donors (Lipinski definition) is 2. The molecule has 0 heterocycles. The standard InChI is InChI=1S/C13H23NO5SSi.C7H7ClO2S.C6H17NO3Si/c1-12-6-8-13(9-7-12)20(15,16)14-10-5-11-21(17-2,18-3)19-4;1-6-2-4-7(5-3-6)11(8,9)10;1-8-11(9-2,10-3)6-4-5-7/h6-9,14H,5,10-11H2,1-4H3;2-5H,1H3;4-7H2,1-3H3. The Balaban J connectivity index is 0.000000677. The normalized spacial score (nSPS) is 12.1. The summed E-state index contributed by atoms with van der Waals surface area (Å²) in [6.45, 7) is 4.74. The molecule has 12 nitrogen and oxygen atoms in total. The maximum absolute atomic E-state index is 12.1. The maximum atomic E-state index is 12.1. The van der Waals surface area contributed by atoms with Gasteiger partial charge in [-0.1, -0.05) is 35.4 Å². The lowest BCUT2D eigenvalue weighted by Gasteiger charge is -2.24. The van der Waals surface area contributed by atoms with Crippen LogP contribution in [0.1, 0.15) is 24.0 Å². The second-order valence-corrected chi connectivity index (χ2v) is 19.6. The van der Waals surface area contributed by atoms with Gasteiger partial charge in [0.2, 0.25) is 10.0 Å². The fourth-order valence-electron chi connectivity index (χ4n) is 3.44. The van der Waals surface area contributed by atoms with E-state index in [9.17, 15) is 16.8 Å². The van der Waals surface area contributed by atoms with Gasteiger partial charge in [-0.3, -0.25) is 0 Å². The van der Waals surface area contributed by atoms with Gasteiger partial charge in [-0.2, -0.15) is 0 Å². The van der Waals surface area contributed by atoms with E-state index in [0.717, 1.165) is 23.6 Å². The van der Waals surface area contributed by atoms with E-state index in [-0.39, 0.29) is 9.79 Å². The average molecular weight is 703 g/mol. The number of nitrogens with one attached hydrogen (secondary N) is 1. The molecule has 0 aliphatic rings. The number of nitrogens with two attached hydrogens (primary N) is 1. The molecule has 0 saturated heterocycles. The van der Waals surface area contributed by atoms with Crippen LogP contribution in [0.2, 0.25) is 12.1 Å². The van der Waals surface area contributed by atoms with Crippen molar-refractivity contribution in [2.75, 3.05) is 55.7 Å². The zero-order valence-corrected chi connectivity index (χ0v) is 30.6. The molecular formula is C26H47ClN2O10S2Si2. The lowest BCUT2D eigenvalue weighted by molar-refractivity contribution is 0.122. The zero-order chi connectivity index (χ0) is 33.2. The summed E-state index contributed by atoms with van der Waals surface area (Å²) < 4.78 is 79.5. The van der Waals surface area contributed by atoms with Crippen molar-refractivity contribution in [2.45, 2.75) is 48.6 Å². The Labute approximate surface area is 264 Å². The Morgan fingerprint density at radius 2 is 1.00 bits per heavy atom. The molecule has 0 unspecified atom stereocenters. The maximum Gasteiger partial charge on any atom is 0.500 e. The summed E-state index contributed by atoms with van der Waals surface area (Å²) >= 11 is 0. The molecule has 43 heavy (non-hydrogen) atoms. The van der Waals surface area contributed by atoms with Crippen molar-refractivity contribution >= 4 is 47.4 Å². The number of rotatable bonds is 16. The summed E-state index contributed by atoms with van der Waals surface area (Å²) in [4.78, 5) is 0.409. The molecule has 248 valence electrons. The predicted octanol–water partition coefficient (Wildman–Crippen LogP) is 3.68. The SMILES string of the molecule is CO[Si](CCCN)(OC)OC.CO[Si](CCCNS(=O)(=O)c1ccc(C)cc1)(OC)OC.Cc1ccc(S(=O)(=O)Cl)cc1. The van der Waals surface area contributed by atoms with E-state index in [0.29, 0.717) is 25.6 Å². The first-order valence-corrected chi connectivity index (χ1v) is 20.9. The minimum Gasteiger partial charge on any atom is -0.377 e. The highest BCUT2D eigenvalue weighted by Gasteiger charge is 2.37. The molecular weight excluding hydrogens is 656 g/mol. The zero-order valence-electron chi connectivity index (χ0n) is 26.2. The molecule has 0 radical (unpaired) electrons. The molecule has 3 N–H and O–H groups in total.